The molecule has 1 fully saturated rings. The van der Waals surface area contributed by atoms with Crippen molar-refractivity contribution in [3.05, 3.63) is 59.7 Å². The van der Waals surface area contributed by atoms with Crippen LogP contribution in [-0.2, 0) is 4.79 Å². The van der Waals surface area contributed by atoms with Crippen molar-refractivity contribution in [1.29, 1.82) is 5.26 Å². The Bertz CT molecular complexity index is 882. The highest BCUT2D eigenvalue weighted by molar-refractivity contribution is 5.94. The zero-order chi connectivity index (χ0) is 20.1. The molecule has 2 atom stereocenters. The second-order valence-corrected chi connectivity index (χ2v) is 7.27. The molecule has 2 aromatic carbocycles. The number of nitrogens with one attached hydrogen (secondary N) is 1. The minimum atomic E-state index is -0.00107. The fraction of sp³-hybridized carbons (Fsp3) is 0.348. The minimum absolute atomic E-state index is 0.00107. The molecule has 5 nitrogen and oxygen atoms in total. The van der Waals surface area contributed by atoms with Gasteiger partial charge in [-0.2, -0.15) is 5.26 Å². The lowest BCUT2D eigenvalue weighted by Crippen LogP contribution is -2.38. The van der Waals surface area contributed by atoms with E-state index < -0.39 is 0 Å². The SMILES string of the molecule is CCC(=O)NC1CCC(N(C)C(=O)c2ccc(-c3ccc(C#N)cc3)cc2)C1. The molecule has 1 aliphatic rings. The van der Waals surface area contributed by atoms with E-state index in [1.165, 1.54) is 0 Å². The third kappa shape index (κ3) is 4.40. The Morgan fingerprint density at radius 1 is 1.07 bits per heavy atom. The Kier molecular flexibility index (Phi) is 6.10. The smallest absolute Gasteiger partial charge is 0.253 e. The van der Waals surface area contributed by atoms with Gasteiger partial charge in [0.2, 0.25) is 5.91 Å². The van der Waals surface area contributed by atoms with Crippen molar-refractivity contribution < 1.29 is 9.59 Å². The van der Waals surface area contributed by atoms with Crippen LogP contribution < -0.4 is 5.32 Å². The predicted octanol–water partition coefficient (Wildman–Crippen LogP) is 3.74. The number of amides is 2. The molecule has 1 saturated carbocycles. The topological polar surface area (TPSA) is 73.2 Å². The molecule has 2 unspecified atom stereocenters. The maximum Gasteiger partial charge on any atom is 0.253 e. The van der Waals surface area contributed by atoms with Crippen LogP contribution in [0.2, 0.25) is 0 Å². The third-order valence-electron chi connectivity index (χ3n) is 5.44. The van der Waals surface area contributed by atoms with Gasteiger partial charge in [0.05, 0.1) is 11.6 Å². The van der Waals surface area contributed by atoms with Crippen molar-refractivity contribution in [1.82, 2.24) is 10.2 Å². The molecular formula is C23H25N3O2. The summed E-state index contributed by atoms with van der Waals surface area (Å²) in [6.45, 7) is 1.85. The normalized spacial score (nSPS) is 18.3. The van der Waals surface area contributed by atoms with Gasteiger partial charge in [-0.1, -0.05) is 31.2 Å². The van der Waals surface area contributed by atoms with Gasteiger partial charge in [0.25, 0.3) is 5.91 Å². The van der Waals surface area contributed by atoms with E-state index in [0.717, 1.165) is 30.4 Å². The van der Waals surface area contributed by atoms with E-state index in [4.69, 9.17) is 5.26 Å². The minimum Gasteiger partial charge on any atom is -0.353 e. The van der Waals surface area contributed by atoms with Gasteiger partial charge in [-0.15, -0.1) is 0 Å². The van der Waals surface area contributed by atoms with Crippen molar-refractivity contribution in [2.24, 2.45) is 0 Å². The molecule has 0 aromatic heterocycles. The van der Waals surface area contributed by atoms with Gasteiger partial charge in [-0.05, 0) is 54.7 Å². The molecule has 0 radical (unpaired) electrons. The zero-order valence-electron chi connectivity index (χ0n) is 16.3. The van der Waals surface area contributed by atoms with E-state index in [-0.39, 0.29) is 23.9 Å². The largest absolute Gasteiger partial charge is 0.353 e. The first kappa shape index (κ1) is 19.6. The predicted molar refractivity (Wildman–Crippen MR) is 109 cm³/mol. The Morgan fingerprint density at radius 2 is 1.68 bits per heavy atom. The van der Waals surface area contributed by atoms with E-state index in [2.05, 4.69) is 11.4 Å². The number of rotatable bonds is 5. The van der Waals surface area contributed by atoms with Crippen LogP contribution in [0.15, 0.2) is 48.5 Å². The average molecular weight is 375 g/mol. The first-order valence-corrected chi connectivity index (χ1v) is 9.69. The molecule has 1 N–H and O–H groups in total. The lowest BCUT2D eigenvalue weighted by Gasteiger charge is -2.25. The summed E-state index contributed by atoms with van der Waals surface area (Å²) in [5.74, 6) is 0.0665. The van der Waals surface area contributed by atoms with Crippen molar-refractivity contribution >= 4 is 11.8 Å². The summed E-state index contributed by atoms with van der Waals surface area (Å²) in [6, 6.07) is 17.4. The molecule has 28 heavy (non-hydrogen) atoms. The number of nitriles is 1. The van der Waals surface area contributed by atoms with Crippen LogP contribution in [0.5, 0.6) is 0 Å². The lowest BCUT2D eigenvalue weighted by atomic mass is 10.0. The Labute approximate surface area is 166 Å². The lowest BCUT2D eigenvalue weighted by molar-refractivity contribution is -0.121. The monoisotopic (exact) mass is 375 g/mol. The van der Waals surface area contributed by atoms with Crippen LogP contribution in [0.4, 0.5) is 0 Å². The van der Waals surface area contributed by atoms with Crippen molar-refractivity contribution in [3.63, 3.8) is 0 Å². The molecule has 0 saturated heterocycles. The zero-order valence-corrected chi connectivity index (χ0v) is 16.3. The molecule has 2 aromatic rings. The number of benzene rings is 2. The van der Waals surface area contributed by atoms with Crippen LogP contribution in [-0.4, -0.2) is 35.8 Å². The van der Waals surface area contributed by atoms with Crippen LogP contribution in [0.3, 0.4) is 0 Å². The van der Waals surface area contributed by atoms with Crippen LogP contribution in [0, 0.1) is 11.3 Å². The molecule has 3 rings (SSSR count). The Balaban J connectivity index is 1.64. The standard InChI is InChI=1S/C23H25N3O2/c1-3-22(27)25-20-12-13-21(14-20)26(2)23(28)19-10-8-18(9-11-19)17-6-4-16(15-24)5-7-17/h4-11,20-21H,3,12-14H2,1-2H3,(H,25,27). The van der Waals surface area contributed by atoms with Crippen LogP contribution >= 0.6 is 0 Å². The number of carbonyl (C=O) groups excluding carboxylic acids is 2. The molecule has 0 heterocycles. The number of carbonyl (C=O) groups is 2. The van der Waals surface area contributed by atoms with Gasteiger partial charge < -0.3 is 10.2 Å². The van der Waals surface area contributed by atoms with Gasteiger partial charge in [0.1, 0.15) is 0 Å². The molecule has 0 bridgehead atoms. The third-order valence-corrected chi connectivity index (χ3v) is 5.44. The first-order valence-electron chi connectivity index (χ1n) is 9.69. The van der Waals surface area contributed by atoms with Crippen molar-refractivity contribution in [2.45, 2.75) is 44.7 Å². The fourth-order valence-electron chi connectivity index (χ4n) is 3.68. The maximum absolute atomic E-state index is 12.9. The van der Waals surface area contributed by atoms with Gasteiger partial charge in [0, 0.05) is 31.1 Å². The molecule has 1 aliphatic carbocycles. The van der Waals surface area contributed by atoms with Crippen LogP contribution in [0.1, 0.15) is 48.5 Å². The Hall–Kier alpha value is -3.13. The quantitative estimate of drug-likeness (QED) is 0.865. The summed E-state index contributed by atoms with van der Waals surface area (Å²) in [5.41, 5.74) is 3.30. The molecular weight excluding hydrogens is 350 g/mol. The summed E-state index contributed by atoms with van der Waals surface area (Å²) in [7, 11) is 1.84. The van der Waals surface area contributed by atoms with E-state index in [9.17, 15) is 9.59 Å². The van der Waals surface area contributed by atoms with Gasteiger partial charge >= 0.3 is 0 Å². The fourth-order valence-corrected chi connectivity index (χ4v) is 3.68. The second kappa shape index (κ2) is 8.71. The van der Waals surface area contributed by atoms with E-state index in [1.54, 1.807) is 17.0 Å². The summed E-state index contributed by atoms with van der Waals surface area (Å²) in [5, 5.41) is 11.9. The highest BCUT2D eigenvalue weighted by Crippen LogP contribution is 2.26. The summed E-state index contributed by atoms with van der Waals surface area (Å²) < 4.78 is 0. The first-order chi connectivity index (χ1) is 13.5. The summed E-state index contributed by atoms with van der Waals surface area (Å²) in [4.78, 5) is 26.2. The molecule has 0 spiro atoms. The van der Waals surface area contributed by atoms with E-state index in [1.807, 2.05) is 50.4 Å². The van der Waals surface area contributed by atoms with E-state index in [0.29, 0.717) is 17.5 Å². The molecule has 144 valence electrons. The number of nitrogens with zero attached hydrogens (tertiary/aromatic N) is 2. The van der Waals surface area contributed by atoms with Crippen LogP contribution in [0.25, 0.3) is 11.1 Å². The average Bonchev–Trinajstić information content (AvgIpc) is 3.21. The Morgan fingerprint density at radius 3 is 2.25 bits per heavy atom. The van der Waals surface area contributed by atoms with E-state index >= 15 is 0 Å². The van der Waals surface area contributed by atoms with Gasteiger partial charge in [0.15, 0.2) is 0 Å². The van der Waals surface area contributed by atoms with Gasteiger partial charge in [-0.3, -0.25) is 9.59 Å². The summed E-state index contributed by atoms with van der Waals surface area (Å²) >= 11 is 0. The maximum atomic E-state index is 12.9. The number of hydrogen-bond acceptors (Lipinski definition) is 3. The second-order valence-electron chi connectivity index (χ2n) is 7.27. The molecule has 0 aliphatic heterocycles. The summed E-state index contributed by atoms with van der Waals surface area (Å²) in [6.07, 6.45) is 3.10. The molecule has 5 heteroatoms. The van der Waals surface area contributed by atoms with Crippen molar-refractivity contribution in [2.75, 3.05) is 7.05 Å². The van der Waals surface area contributed by atoms with Crippen molar-refractivity contribution in [3.8, 4) is 17.2 Å². The highest BCUT2D eigenvalue weighted by atomic mass is 16.2. The van der Waals surface area contributed by atoms with Gasteiger partial charge in [-0.25, -0.2) is 0 Å². The highest BCUT2D eigenvalue weighted by Gasteiger charge is 2.30. The number of hydrogen-bond donors (Lipinski definition) is 1. The molecule has 2 amide bonds.